The van der Waals surface area contributed by atoms with Gasteiger partial charge in [0.15, 0.2) is 0 Å². The quantitative estimate of drug-likeness (QED) is 0.258. The summed E-state index contributed by atoms with van der Waals surface area (Å²) in [4.78, 5) is 15.3. The van der Waals surface area contributed by atoms with Crippen LogP contribution in [-0.4, -0.2) is 93.3 Å². The number of likely N-dealkylation sites (N-methyl/N-ethyl adjacent to an activating group) is 1. The van der Waals surface area contributed by atoms with E-state index in [1.54, 1.807) is 0 Å². The Labute approximate surface area is 200 Å². The van der Waals surface area contributed by atoms with E-state index in [-0.39, 0.29) is 48.3 Å². The Balaban J connectivity index is 1.14. The molecule has 5 fully saturated rings. The van der Waals surface area contributed by atoms with Crippen LogP contribution in [0.15, 0.2) is 0 Å². The number of carbonyl (C=O) groups excluding carboxylic acids is 1. The van der Waals surface area contributed by atoms with Crippen molar-refractivity contribution in [2.75, 3.05) is 39.9 Å². The lowest BCUT2D eigenvalue weighted by Crippen LogP contribution is -2.62. The third-order valence-electron chi connectivity index (χ3n) is 8.15. The number of hydrazine groups is 1. The minimum Gasteiger partial charge on any atom is -0.376 e. The summed E-state index contributed by atoms with van der Waals surface area (Å²) in [5.74, 6) is 0.0333. The maximum Gasteiger partial charge on any atom is 0.223 e. The van der Waals surface area contributed by atoms with Crippen LogP contribution in [0.4, 0.5) is 0 Å². The molecule has 5 rings (SSSR count). The molecule has 0 bridgehead atoms. The Morgan fingerprint density at radius 2 is 2.06 bits per heavy atom. The number of nitrogens with one attached hydrogen (secondary N) is 7. The van der Waals surface area contributed by atoms with Gasteiger partial charge >= 0.3 is 0 Å². The highest BCUT2D eigenvalue weighted by Crippen LogP contribution is 2.27. The summed E-state index contributed by atoms with van der Waals surface area (Å²) in [6.45, 7) is 1.76. The maximum absolute atomic E-state index is 13.2. The zero-order valence-electron chi connectivity index (χ0n) is 21.9. The van der Waals surface area contributed by atoms with Gasteiger partial charge in [-0.05, 0) is 65.1 Å². The van der Waals surface area contributed by atoms with Gasteiger partial charge in [0.05, 0.1) is 24.5 Å². The van der Waals surface area contributed by atoms with E-state index >= 15 is 0 Å². The van der Waals surface area contributed by atoms with Crippen LogP contribution in [0.2, 0.25) is 0 Å². The lowest BCUT2D eigenvalue weighted by atomic mass is 9.84. The molecule has 0 radical (unpaired) electrons. The number of amides is 1. The zero-order chi connectivity index (χ0) is 24.4. The average molecular weight is 467 g/mol. The Morgan fingerprint density at radius 3 is 2.94 bits per heavy atom. The van der Waals surface area contributed by atoms with Gasteiger partial charge in [0.1, 0.15) is 0 Å². The molecular formula is C23H44N8O2. The summed E-state index contributed by atoms with van der Waals surface area (Å²) in [5.41, 5.74) is 6.47. The van der Waals surface area contributed by atoms with Crippen LogP contribution < -0.4 is 37.4 Å². The normalized spacial score (nSPS) is 43.9. The molecule has 1 aliphatic carbocycles. The first-order chi connectivity index (χ1) is 16.9. The number of ether oxygens (including phenoxy) is 1. The third kappa shape index (κ3) is 5.70. The summed E-state index contributed by atoms with van der Waals surface area (Å²) in [7, 11) is 1.96. The van der Waals surface area contributed by atoms with Crippen molar-refractivity contribution in [2.45, 2.75) is 94.0 Å². The number of rotatable bonds is 6. The fourth-order valence-corrected chi connectivity index (χ4v) is 6.19. The first-order valence-corrected chi connectivity index (χ1v) is 13.0. The summed E-state index contributed by atoms with van der Waals surface area (Å²) >= 11 is 0. The molecule has 0 aromatic heterocycles. The third-order valence-corrected chi connectivity index (χ3v) is 8.15. The van der Waals surface area contributed by atoms with Crippen molar-refractivity contribution >= 4 is 5.91 Å². The number of carbonyl (C=O) groups is 1. The van der Waals surface area contributed by atoms with Crippen LogP contribution in [0, 0.1) is 5.92 Å². The van der Waals surface area contributed by atoms with Crippen LogP contribution in [0.3, 0.4) is 0 Å². The lowest BCUT2D eigenvalue weighted by molar-refractivity contribution is -0.129. The first kappa shape index (κ1) is 21.4. The molecule has 4 heterocycles. The second-order valence-electron chi connectivity index (χ2n) is 10.4. The van der Waals surface area contributed by atoms with Gasteiger partial charge in [0, 0.05) is 46.6 Å². The van der Waals surface area contributed by atoms with Crippen molar-refractivity contribution in [1.82, 2.24) is 42.3 Å². The number of hydrogen-bond acceptors (Lipinski definition) is 9. The number of piperidine rings is 1. The molecular weight excluding hydrogens is 420 g/mol. The van der Waals surface area contributed by atoms with Gasteiger partial charge < -0.3 is 26.0 Å². The Morgan fingerprint density at radius 1 is 1.12 bits per heavy atom. The zero-order valence-corrected chi connectivity index (χ0v) is 19.9. The number of nitrogens with zero attached hydrogens (tertiary/aromatic N) is 1. The second-order valence-corrected chi connectivity index (χ2v) is 10.4. The molecule has 33 heavy (non-hydrogen) atoms. The van der Waals surface area contributed by atoms with Crippen LogP contribution >= 0.6 is 0 Å². The fourth-order valence-electron chi connectivity index (χ4n) is 6.19. The van der Waals surface area contributed by atoms with E-state index in [4.69, 9.17) is 7.48 Å². The van der Waals surface area contributed by atoms with Crippen molar-refractivity contribution in [2.24, 2.45) is 5.92 Å². The monoisotopic (exact) mass is 466 g/mol. The maximum atomic E-state index is 13.2. The molecule has 10 heteroatoms. The van der Waals surface area contributed by atoms with Crippen molar-refractivity contribution in [3.63, 3.8) is 0 Å². The SMILES string of the molecule is [2H]C([2H])(NC1CCCC(C(=O)N[C@H]2CCOC3CCCNC32)C1)C1NNC(C2CCNCN2)N1C. The molecule has 8 atom stereocenters. The van der Waals surface area contributed by atoms with Crippen molar-refractivity contribution in [3.8, 4) is 0 Å². The molecule has 7 N–H and O–H groups in total. The molecule has 0 spiro atoms. The average Bonchev–Trinajstić information content (AvgIpc) is 3.27. The van der Waals surface area contributed by atoms with Crippen LogP contribution in [-0.2, 0) is 9.53 Å². The first-order valence-electron chi connectivity index (χ1n) is 14.0. The number of fused-ring (bicyclic) bond motifs is 1. The largest absolute Gasteiger partial charge is 0.376 e. The molecule has 188 valence electrons. The predicted octanol–water partition coefficient (Wildman–Crippen LogP) is -1.24. The van der Waals surface area contributed by atoms with Crippen molar-refractivity contribution in [1.29, 1.82) is 0 Å². The smallest absolute Gasteiger partial charge is 0.223 e. The molecule has 7 unspecified atom stereocenters. The highest BCUT2D eigenvalue weighted by Gasteiger charge is 2.39. The lowest BCUT2D eigenvalue weighted by Gasteiger charge is -2.42. The van der Waals surface area contributed by atoms with E-state index in [1.807, 2.05) is 11.9 Å². The second kappa shape index (κ2) is 11.3. The van der Waals surface area contributed by atoms with Gasteiger partial charge in [-0.3, -0.25) is 15.0 Å². The van der Waals surface area contributed by atoms with Gasteiger partial charge in [-0.25, -0.2) is 10.9 Å². The molecule has 4 aliphatic heterocycles. The highest BCUT2D eigenvalue weighted by atomic mass is 16.5. The van der Waals surface area contributed by atoms with E-state index in [9.17, 15) is 4.79 Å². The molecule has 1 saturated carbocycles. The van der Waals surface area contributed by atoms with Gasteiger partial charge in [0.2, 0.25) is 5.91 Å². The van der Waals surface area contributed by atoms with Gasteiger partial charge in [0.25, 0.3) is 0 Å². The van der Waals surface area contributed by atoms with Crippen LogP contribution in [0.1, 0.15) is 54.1 Å². The van der Waals surface area contributed by atoms with E-state index in [0.29, 0.717) is 13.0 Å². The summed E-state index contributed by atoms with van der Waals surface area (Å²) in [5, 5.41) is 16.9. The molecule has 0 aromatic rings. The minimum absolute atomic E-state index is 0.0144. The molecule has 0 aromatic carbocycles. The predicted molar refractivity (Wildman–Crippen MR) is 127 cm³/mol. The van der Waals surface area contributed by atoms with Crippen LogP contribution in [0.25, 0.3) is 0 Å². The van der Waals surface area contributed by atoms with Crippen molar-refractivity contribution < 1.29 is 12.3 Å². The fraction of sp³-hybridized carbons (Fsp3) is 0.957. The van der Waals surface area contributed by atoms with Gasteiger partial charge in [-0.2, -0.15) is 0 Å². The summed E-state index contributed by atoms with van der Waals surface area (Å²) in [6, 6.07) is 0.535. The van der Waals surface area contributed by atoms with Gasteiger partial charge in [-0.1, -0.05) is 6.42 Å². The summed E-state index contributed by atoms with van der Waals surface area (Å²) < 4.78 is 23.6. The minimum atomic E-state index is -1.65. The Bertz CT molecular complexity index is 726. The van der Waals surface area contributed by atoms with E-state index in [2.05, 4.69) is 37.4 Å². The Kier molecular flexibility index (Phi) is 7.31. The molecule has 4 saturated heterocycles. The molecule has 1 amide bonds. The van der Waals surface area contributed by atoms with Gasteiger partial charge in [-0.15, -0.1) is 0 Å². The highest BCUT2D eigenvalue weighted by molar-refractivity contribution is 5.79. The standard InChI is InChI=1S/C23H44N8O2/c1-31-20(29-30-22(31)18-7-10-24-14-27-18)13-26-16-5-2-4-15(12-16)23(32)28-17-8-11-33-19-6-3-9-25-21(17)19/h15-22,24-27,29-30H,2-14H2,1H3,(H,28,32)/t15?,16?,17-,18?,19?,20?,21?,22?/m0/s1/i13D2. The summed E-state index contributed by atoms with van der Waals surface area (Å²) in [6.07, 6.45) is 7.06. The Hall–Kier alpha value is -0.850. The van der Waals surface area contributed by atoms with E-state index in [0.717, 1.165) is 64.7 Å². The van der Waals surface area contributed by atoms with Crippen molar-refractivity contribution in [3.05, 3.63) is 0 Å². The van der Waals surface area contributed by atoms with Crippen LogP contribution in [0.5, 0.6) is 0 Å². The molecule has 5 aliphatic rings. The number of hydrogen-bond donors (Lipinski definition) is 7. The van der Waals surface area contributed by atoms with E-state index in [1.165, 1.54) is 0 Å². The topological polar surface area (TPSA) is 114 Å². The molecule has 10 nitrogen and oxygen atoms in total. The van der Waals surface area contributed by atoms with E-state index < -0.39 is 12.7 Å².